The number of thiazole rings is 1. The van der Waals surface area contributed by atoms with Crippen molar-refractivity contribution in [3.63, 3.8) is 0 Å². The van der Waals surface area contributed by atoms with Crippen LogP contribution in [-0.2, 0) is 10.5 Å². The van der Waals surface area contributed by atoms with E-state index in [-0.39, 0.29) is 5.91 Å². The van der Waals surface area contributed by atoms with Crippen LogP contribution in [0.15, 0.2) is 53.3 Å². The first-order chi connectivity index (χ1) is 15.3. The summed E-state index contributed by atoms with van der Waals surface area (Å²) in [6, 6.07) is 11.8. The van der Waals surface area contributed by atoms with Gasteiger partial charge < -0.3 is 0 Å². The lowest BCUT2D eigenvalue weighted by Gasteiger charge is -2.21. The van der Waals surface area contributed by atoms with Gasteiger partial charge in [-0.25, -0.2) is 4.98 Å². The van der Waals surface area contributed by atoms with E-state index in [2.05, 4.69) is 10.2 Å². The molecular weight excluding hydrogens is 462 g/mol. The van der Waals surface area contributed by atoms with E-state index in [0.29, 0.717) is 15.9 Å². The van der Waals surface area contributed by atoms with Crippen molar-refractivity contribution >= 4 is 51.4 Å². The summed E-state index contributed by atoms with van der Waals surface area (Å²) in [6.45, 7) is 7.59. The molecule has 164 valence electrons. The van der Waals surface area contributed by atoms with E-state index in [0.717, 1.165) is 38.9 Å². The van der Waals surface area contributed by atoms with Crippen LogP contribution in [0, 0.1) is 20.8 Å². The Morgan fingerprint density at radius 2 is 2.00 bits per heavy atom. The Morgan fingerprint density at radius 1 is 1.19 bits per heavy atom. The van der Waals surface area contributed by atoms with Crippen molar-refractivity contribution in [1.82, 2.24) is 19.7 Å². The summed E-state index contributed by atoms with van der Waals surface area (Å²) in [5.74, 6) is 0.538. The van der Waals surface area contributed by atoms with E-state index in [9.17, 15) is 4.79 Å². The first kappa shape index (κ1) is 22.5. The first-order valence-corrected chi connectivity index (χ1v) is 12.2. The van der Waals surface area contributed by atoms with Gasteiger partial charge in [0, 0.05) is 23.1 Å². The highest BCUT2D eigenvalue weighted by Crippen LogP contribution is 2.34. The summed E-state index contributed by atoms with van der Waals surface area (Å²) < 4.78 is 1.90. The Bertz CT molecular complexity index is 1280. The van der Waals surface area contributed by atoms with Crippen molar-refractivity contribution in [2.45, 2.75) is 38.6 Å². The molecule has 0 radical (unpaired) electrons. The molecule has 0 spiro atoms. The van der Waals surface area contributed by atoms with Crippen LogP contribution in [0.5, 0.6) is 0 Å². The Hall–Kier alpha value is -2.68. The Kier molecular flexibility index (Phi) is 6.64. The molecule has 0 aliphatic rings. The van der Waals surface area contributed by atoms with E-state index in [1.54, 1.807) is 18.2 Å². The van der Waals surface area contributed by atoms with E-state index >= 15 is 0 Å². The number of amides is 1. The number of benzene rings is 2. The van der Waals surface area contributed by atoms with E-state index < -0.39 is 0 Å². The fourth-order valence-corrected chi connectivity index (χ4v) is 5.20. The van der Waals surface area contributed by atoms with Crippen LogP contribution in [0.25, 0.3) is 5.69 Å². The summed E-state index contributed by atoms with van der Waals surface area (Å²) in [5.41, 5.74) is 5.87. The zero-order valence-corrected chi connectivity index (χ0v) is 20.6. The third-order valence-corrected chi connectivity index (χ3v) is 7.42. The number of hydrogen-bond acceptors (Lipinski definition) is 6. The molecule has 0 fully saturated rings. The smallest absolute Gasteiger partial charge is 0.230 e. The third-order valence-electron chi connectivity index (χ3n) is 5.16. The summed E-state index contributed by atoms with van der Waals surface area (Å²) in [4.78, 5) is 18.9. The molecule has 9 heteroatoms. The molecule has 0 aliphatic carbocycles. The minimum atomic E-state index is -0.0664. The fraction of sp³-hybridized carbons (Fsp3) is 0.217. The molecule has 2 heterocycles. The molecule has 6 nitrogen and oxygen atoms in total. The van der Waals surface area contributed by atoms with Gasteiger partial charge >= 0.3 is 0 Å². The zero-order valence-electron chi connectivity index (χ0n) is 18.2. The molecule has 32 heavy (non-hydrogen) atoms. The van der Waals surface area contributed by atoms with Crippen molar-refractivity contribution in [2.75, 3.05) is 4.90 Å². The molecule has 1 amide bonds. The number of rotatable bonds is 6. The number of hydrogen-bond donors (Lipinski definition) is 0. The molecule has 0 unspecified atom stereocenters. The van der Waals surface area contributed by atoms with Crippen molar-refractivity contribution in [3.8, 4) is 5.69 Å². The Balaban J connectivity index is 1.54. The highest BCUT2D eigenvalue weighted by molar-refractivity contribution is 7.98. The van der Waals surface area contributed by atoms with Crippen LogP contribution in [0.2, 0.25) is 5.02 Å². The van der Waals surface area contributed by atoms with Gasteiger partial charge in [-0.3, -0.25) is 14.3 Å². The molecule has 0 saturated carbocycles. The molecule has 0 atom stereocenters. The molecule has 4 rings (SSSR count). The minimum Gasteiger partial charge on any atom is -0.277 e. The third kappa shape index (κ3) is 4.57. The van der Waals surface area contributed by atoms with E-state index in [1.165, 1.54) is 23.1 Å². The minimum absolute atomic E-state index is 0.0664. The van der Waals surface area contributed by atoms with Gasteiger partial charge in [0.15, 0.2) is 10.3 Å². The molecule has 2 aromatic heterocycles. The maximum absolute atomic E-state index is 12.5. The molecule has 0 aliphatic heterocycles. The normalized spacial score (nSPS) is 11.0. The maximum atomic E-state index is 12.5. The zero-order chi connectivity index (χ0) is 22.8. The van der Waals surface area contributed by atoms with Gasteiger partial charge in [-0.05, 0) is 55.7 Å². The molecular formula is C23H22ClN5OS2. The van der Waals surface area contributed by atoms with Crippen LogP contribution in [0.1, 0.15) is 29.3 Å². The number of carbonyl (C=O) groups is 1. The fourth-order valence-electron chi connectivity index (χ4n) is 3.22. The lowest BCUT2D eigenvalue weighted by Crippen LogP contribution is -2.23. The highest BCUT2D eigenvalue weighted by atomic mass is 35.5. The quantitative estimate of drug-likeness (QED) is 0.302. The lowest BCUT2D eigenvalue weighted by atomic mass is 10.1. The predicted molar refractivity (Wildman–Crippen MR) is 132 cm³/mol. The Morgan fingerprint density at radius 3 is 2.75 bits per heavy atom. The average molecular weight is 484 g/mol. The number of anilines is 2. The standard InChI is InChI=1S/C23H22ClN5OS2/c1-14-6-5-7-21(16(14)3)29(17(4)30)22-26-18(11-31-22)12-32-23-27-25-13-28(23)19-9-8-15(2)20(24)10-19/h5-11,13H,12H2,1-4H3. The number of nitrogens with zero attached hydrogens (tertiary/aromatic N) is 5. The molecule has 4 aromatic rings. The summed E-state index contributed by atoms with van der Waals surface area (Å²) in [5, 5.41) is 12.4. The van der Waals surface area contributed by atoms with Gasteiger partial charge in [0.25, 0.3) is 0 Å². The SMILES string of the molecule is CC(=O)N(c1nc(CSc2nncn2-c2ccc(C)c(Cl)c2)cs1)c1cccc(C)c1C. The summed E-state index contributed by atoms with van der Waals surface area (Å²) in [7, 11) is 0. The second-order valence-electron chi connectivity index (χ2n) is 7.40. The van der Waals surface area contributed by atoms with Crippen LogP contribution in [0.3, 0.4) is 0 Å². The molecule has 0 saturated heterocycles. The number of carbonyl (C=O) groups excluding carboxylic acids is 1. The van der Waals surface area contributed by atoms with E-state index in [4.69, 9.17) is 16.6 Å². The summed E-state index contributed by atoms with van der Waals surface area (Å²) in [6.07, 6.45) is 1.67. The van der Waals surface area contributed by atoms with Crippen molar-refractivity contribution < 1.29 is 4.79 Å². The van der Waals surface area contributed by atoms with Gasteiger partial charge in [0.05, 0.1) is 17.1 Å². The van der Waals surface area contributed by atoms with Crippen molar-refractivity contribution in [1.29, 1.82) is 0 Å². The lowest BCUT2D eigenvalue weighted by molar-refractivity contribution is -0.115. The first-order valence-electron chi connectivity index (χ1n) is 9.96. The Labute approximate surface area is 200 Å². The van der Waals surface area contributed by atoms with Crippen LogP contribution < -0.4 is 4.90 Å². The largest absolute Gasteiger partial charge is 0.277 e. The maximum Gasteiger partial charge on any atom is 0.230 e. The average Bonchev–Trinajstić information content (AvgIpc) is 3.41. The van der Waals surface area contributed by atoms with Gasteiger partial charge in [-0.1, -0.05) is 41.6 Å². The molecule has 2 aromatic carbocycles. The number of halogens is 1. The van der Waals surface area contributed by atoms with Gasteiger partial charge in [0.2, 0.25) is 5.91 Å². The topological polar surface area (TPSA) is 63.9 Å². The van der Waals surface area contributed by atoms with Crippen molar-refractivity contribution in [3.05, 3.63) is 75.5 Å². The molecule has 0 bridgehead atoms. The highest BCUT2D eigenvalue weighted by Gasteiger charge is 2.20. The monoisotopic (exact) mass is 483 g/mol. The van der Waals surface area contributed by atoms with Gasteiger partial charge in [0.1, 0.15) is 6.33 Å². The predicted octanol–water partition coefficient (Wildman–Crippen LogP) is 6.28. The van der Waals surface area contributed by atoms with Gasteiger partial charge in [-0.2, -0.15) is 0 Å². The second kappa shape index (κ2) is 9.44. The van der Waals surface area contributed by atoms with Gasteiger partial charge in [-0.15, -0.1) is 21.5 Å². The summed E-state index contributed by atoms with van der Waals surface area (Å²) >= 11 is 9.27. The van der Waals surface area contributed by atoms with Crippen LogP contribution in [0.4, 0.5) is 10.8 Å². The second-order valence-corrected chi connectivity index (χ2v) is 9.59. The number of aromatic nitrogens is 4. The van der Waals surface area contributed by atoms with Crippen molar-refractivity contribution in [2.24, 2.45) is 0 Å². The van der Waals surface area contributed by atoms with Crippen LogP contribution >= 0.6 is 34.7 Å². The van der Waals surface area contributed by atoms with E-state index in [1.807, 2.05) is 67.1 Å². The number of aryl methyl sites for hydroxylation is 2. The number of thioether (sulfide) groups is 1. The molecule has 0 N–H and O–H groups in total. The van der Waals surface area contributed by atoms with Crippen LogP contribution in [-0.4, -0.2) is 25.7 Å².